The van der Waals surface area contributed by atoms with Crippen LogP contribution in [0.25, 0.3) is 0 Å². The van der Waals surface area contributed by atoms with Crippen molar-refractivity contribution in [1.82, 2.24) is 15.5 Å². The van der Waals surface area contributed by atoms with Gasteiger partial charge in [0, 0.05) is 50.6 Å². The molecule has 2 aliphatic rings. The van der Waals surface area contributed by atoms with Crippen molar-refractivity contribution in [3.05, 3.63) is 71.8 Å². The largest absolute Gasteiger partial charge is 0.480 e. The van der Waals surface area contributed by atoms with Crippen LogP contribution in [0.1, 0.15) is 109 Å². The molecule has 0 bridgehead atoms. The minimum absolute atomic E-state index is 0.00714. The smallest absolute Gasteiger partial charge is 0.319 e. The zero-order chi connectivity index (χ0) is 45.4. The summed E-state index contributed by atoms with van der Waals surface area (Å²) in [5.74, 6) is -8.51. The van der Waals surface area contributed by atoms with Gasteiger partial charge >= 0.3 is 11.9 Å². The van der Waals surface area contributed by atoms with Crippen LogP contribution in [0.5, 0.6) is 0 Å². The molecule has 5 atom stereocenters. The second-order valence-electron chi connectivity index (χ2n) is 16.7. The van der Waals surface area contributed by atoms with Gasteiger partial charge in [-0.15, -0.1) is 0 Å². The lowest BCUT2D eigenvalue weighted by atomic mass is 9.87. The van der Waals surface area contributed by atoms with E-state index in [1.807, 2.05) is 44.2 Å². The van der Waals surface area contributed by atoms with Crippen molar-refractivity contribution in [1.29, 1.82) is 0 Å². The zero-order valence-electron chi connectivity index (χ0n) is 35.8. The van der Waals surface area contributed by atoms with Gasteiger partial charge in [-0.05, 0) is 49.1 Å². The minimum Gasteiger partial charge on any atom is -0.480 e. The van der Waals surface area contributed by atoms with E-state index in [1.54, 1.807) is 37.3 Å². The van der Waals surface area contributed by atoms with E-state index in [1.165, 1.54) is 4.90 Å². The summed E-state index contributed by atoms with van der Waals surface area (Å²) in [6.45, 7) is 5.92. The van der Waals surface area contributed by atoms with Crippen molar-refractivity contribution in [3.63, 3.8) is 0 Å². The van der Waals surface area contributed by atoms with E-state index in [0.717, 1.165) is 5.56 Å². The SMILES string of the molecule is CCCC(CC(=O)[C@@H]1C[C@@H](OCc2ccccc2)CN1C(=O)[C@H](CCCNC(=O)C1(C(=O)O)CC1)CC(=O)OCC(C)C)C(=O)C(=O)CCC(=O)N[C@H](C(N)=O)c1ccccc1. The molecule has 2 fully saturated rings. The Hall–Kier alpha value is -5.77. The molecule has 5 N–H and O–H groups in total. The number of ketones is 3. The number of benzene rings is 2. The molecule has 16 nitrogen and oxygen atoms in total. The molecule has 336 valence electrons. The maximum atomic E-state index is 14.5. The van der Waals surface area contributed by atoms with Crippen LogP contribution in [-0.4, -0.2) is 94.8 Å². The Balaban J connectivity index is 1.48. The van der Waals surface area contributed by atoms with Gasteiger partial charge in [-0.1, -0.05) is 87.9 Å². The van der Waals surface area contributed by atoms with E-state index >= 15 is 0 Å². The van der Waals surface area contributed by atoms with Crippen molar-refractivity contribution in [2.24, 2.45) is 28.9 Å². The number of primary amides is 1. The van der Waals surface area contributed by atoms with E-state index in [2.05, 4.69) is 10.6 Å². The molecule has 4 rings (SSSR count). The van der Waals surface area contributed by atoms with E-state index in [4.69, 9.17) is 15.2 Å². The van der Waals surface area contributed by atoms with Gasteiger partial charge in [0.15, 0.2) is 11.6 Å². The number of carbonyl (C=O) groups excluding carboxylic acids is 8. The number of carboxylic acids is 1. The minimum atomic E-state index is -1.44. The molecular formula is C46H60N4O12. The molecule has 1 unspecified atom stereocenters. The Morgan fingerprint density at radius 2 is 1.55 bits per heavy atom. The Morgan fingerprint density at radius 1 is 0.887 bits per heavy atom. The van der Waals surface area contributed by atoms with Crippen LogP contribution in [0.15, 0.2) is 60.7 Å². The van der Waals surface area contributed by atoms with Crippen LogP contribution in [0, 0.1) is 23.2 Å². The third kappa shape index (κ3) is 14.1. The Bertz CT molecular complexity index is 1920. The molecule has 1 aliphatic carbocycles. The number of hydrogen-bond donors (Lipinski definition) is 4. The van der Waals surface area contributed by atoms with Gasteiger partial charge in [0.05, 0.1) is 31.8 Å². The highest BCUT2D eigenvalue weighted by Crippen LogP contribution is 2.46. The predicted molar refractivity (Wildman–Crippen MR) is 224 cm³/mol. The molecule has 0 spiro atoms. The summed E-state index contributed by atoms with van der Waals surface area (Å²) in [4.78, 5) is 119. The maximum Gasteiger partial charge on any atom is 0.319 e. The molecule has 2 aromatic rings. The number of nitrogens with zero attached hydrogens (tertiary/aromatic N) is 1. The lowest BCUT2D eigenvalue weighted by Gasteiger charge is -2.29. The molecule has 16 heteroatoms. The number of nitrogens with one attached hydrogen (secondary N) is 2. The first kappa shape index (κ1) is 48.9. The molecule has 0 radical (unpaired) electrons. The highest BCUT2D eigenvalue weighted by molar-refractivity contribution is 6.38. The first-order valence-electron chi connectivity index (χ1n) is 21.4. The van der Waals surface area contributed by atoms with Gasteiger partial charge in [-0.3, -0.25) is 43.2 Å². The average molecular weight is 861 g/mol. The first-order chi connectivity index (χ1) is 29.6. The number of esters is 1. The number of Topliss-reactive ketones (excluding diaryl/α,β-unsaturated/α-hetero) is 3. The summed E-state index contributed by atoms with van der Waals surface area (Å²) in [7, 11) is 0. The number of ether oxygens (including phenoxy) is 2. The number of amides is 4. The molecule has 2 aromatic carbocycles. The second-order valence-corrected chi connectivity index (χ2v) is 16.7. The number of aliphatic carboxylic acids is 1. The van der Waals surface area contributed by atoms with Gasteiger partial charge in [0.25, 0.3) is 0 Å². The summed E-state index contributed by atoms with van der Waals surface area (Å²) in [5.41, 5.74) is 5.38. The van der Waals surface area contributed by atoms with Crippen molar-refractivity contribution in [3.8, 4) is 0 Å². The zero-order valence-corrected chi connectivity index (χ0v) is 35.8. The number of likely N-dealkylation sites (tertiary alicyclic amines) is 1. The van der Waals surface area contributed by atoms with Gasteiger partial charge in [-0.25, -0.2) is 0 Å². The lowest BCUT2D eigenvalue weighted by molar-refractivity contribution is -0.151. The summed E-state index contributed by atoms with van der Waals surface area (Å²) in [5, 5.41) is 14.6. The number of hydrogen-bond acceptors (Lipinski definition) is 11. The summed E-state index contributed by atoms with van der Waals surface area (Å²) < 4.78 is 11.6. The topological polar surface area (TPSA) is 246 Å². The molecule has 1 aliphatic heterocycles. The van der Waals surface area contributed by atoms with E-state index in [0.29, 0.717) is 12.0 Å². The molecule has 1 heterocycles. The van der Waals surface area contributed by atoms with Gasteiger partial charge in [0.2, 0.25) is 29.4 Å². The number of carboxylic acid groups (broad SMARTS) is 1. The maximum absolute atomic E-state index is 14.5. The summed E-state index contributed by atoms with van der Waals surface area (Å²) in [6.07, 6.45) is -0.588. The molecular weight excluding hydrogens is 801 g/mol. The third-order valence-corrected chi connectivity index (χ3v) is 11.2. The van der Waals surface area contributed by atoms with E-state index in [-0.39, 0.29) is 83.6 Å². The molecule has 62 heavy (non-hydrogen) atoms. The molecule has 4 amide bonds. The van der Waals surface area contributed by atoms with Gasteiger partial charge < -0.3 is 35.8 Å². The van der Waals surface area contributed by atoms with Crippen LogP contribution in [0.2, 0.25) is 0 Å². The Morgan fingerprint density at radius 3 is 2.15 bits per heavy atom. The van der Waals surface area contributed by atoms with Crippen LogP contribution in [-0.2, 0) is 59.2 Å². The Kier molecular flexibility index (Phi) is 18.5. The fourth-order valence-electron chi connectivity index (χ4n) is 7.53. The lowest BCUT2D eigenvalue weighted by Crippen LogP contribution is -2.45. The molecule has 1 saturated carbocycles. The number of nitrogens with two attached hydrogens (primary N) is 1. The standard InChI is InChI=1S/C46H60N4O12/c1-4-12-32(41(55)36(51)18-19-38(53)49-40(42(47)56)31-15-9-6-10-16-31)23-37(52)35-25-34(61-28-30-13-7-5-8-14-30)26-50(35)43(57)33(24-39(54)62-27-29(2)3)17-11-22-48-44(58)46(20-21-46)45(59)60/h5-10,13-16,29,32-35,40H,4,11-12,17-28H2,1-3H3,(H2,47,56)(H,48,58)(H,49,53)(H,59,60)/t32?,33-,34-,35+,40+/m1/s1. The van der Waals surface area contributed by atoms with Crippen LogP contribution in [0.4, 0.5) is 0 Å². The van der Waals surface area contributed by atoms with Gasteiger partial charge in [-0.2, -0.15) is 0 Å². The monoisotopic (exact) mass is 860 g/mol. The Labute approximate surface area is 362 Å². The van der Waals surface area contributed by atoms with Crippen LogP contribution < -0.4 is 16.4 Å². The van der Waals surface area contributed by atoms with Crippen molar-refractivity contribution in [2.45, 2.75) is 116 Å². The van der Waals surface area contributed by atoms with Crippen LogP contribution in [0.3, 0.4) is 0 Å². The highest BCUT2D eigenvalue weighted by Gasteiger charge is 2.57. The molecule has 0 aromatic heterocycles. The summed E-state index contributed by atoms with van der Waals surface area (Å²) in [6, 6.07) is 15.5. The number of carbonyl (C=O) groups is 9. The average Bonchev–Trinajstić information content (AvgIpc) is 3.97. The normalized spacial score (nSPS) is 17.9. The van der Waals surface area contributed by atoms with E-state index < -0.39 is 101 Å². The quantitative estimate of drug-likeness (QED) is 0.0434. The predicted octanol–water partition coefficient (Wildman–Crippen LogP) is 3.78. The van der Waals surface area contributed by atoms with E-state index in [9.17, 15) is 48.3 Å². The van der Waals surface area contributed by atoms with Crippen LogP contribution >= 0.6 is 0 Å². The fourth-order valence-corrected chi connectivity index (χ4v) is 7.53. The number of rotatable bonds is 27. The van der Waals surface area contributed by atoms with Crippen molar-refractivity contribution in [2.75, 3.05) is 19.7 Å². The fraction of sp³-hybridized carbons (Fsp3) is 0.543. The third-order valence-electron chi connectivity index (χ3n) is 11.2. The summed E-state index contributed by atoms with van der Waals surface area (Å²) >= 11 is 0. The first-order valence-corrected chi connectivity index (χ1v) is 21.4. The second kappa shape index (κ2) is 23.4. The van der Waals surface area contributed by atoms with Gasteiger partial charge in [0.1, 0.15) is 11.5 Å². The van der Waals surface area contributed by atoms with Crippen molar-refractivity contribution >= 4 is 52.9 Å². The highest BCUT2D eigenvalue weighted by atomic mass is 16.5. The molecule has 1 saturated heterocycles. The van der Waals surface area contributed by atoms with Crippen molar-refractivity contribution < 1.29 is 57.7 Å².